The van der Waals surface area contributed by atoms with E-state index in [1.807, 2.05) is 30.3 Å². The van der Waals surface area contributed by atoms with Crippen LogP contribution in [0.15, 0.2) is 64.6 Å². The standard InChI is InChI=1S/C22H23N5O5/c1-15-10-27(22(31)25-21(15)30)12-19(28)26(11-17-9-24-8-7-18(17)23)13-20(29)32-14-16-5-3-2-4-6-16/h2-10H,11-14H2,1H3,(H2,23,24)(H,25,30,31). The molecule has 2 aromatic heterocycles. The van der Waals surface area contributed by atoms with Crippen molar-refractivity contribution in [3.63, 3.8) is 0 Å². The first kappa shape index (κ1) is 22.5. The van der Waals surface area contributed by atoms with Crippen molar-refractivity contribution in [2.75, 3.05) is 12.3 Å². The molecule has 0 saturated carbocycles. The van der Waals surface area contributed by atoms with Crippen LogP contribution in [0.1, 0.15) is 16.7 Å². The number of H-pyrrole nitrogens is 1. The van der Waals surface area contributed by atoms with Gasteiger partial charge in [-0.2, -0.15) is 0 Å². The number of aryl methyl sites for hydroxylation is 1. The maximum atomic E-state index is 13.0. The van der Waals surface area contributed by atoms with Crippen LogP contribution in [0.3, 0.4) is 0 Å². The normalized spacial score (nSPS) is 10.5. The summed E-state index contributed by atoms with van der Waals surface area (Å²) in [5.41, 5.74) is 6.76. The molecule has 0 radical (unpaired) electrons. The Labute approximate surface area is 183 Å². The van der Waals surface area contributed by atoms with Gasteiger partial charge in [-0.25, -0.2) is 4.79 Å². The lowest BCUT2D eigenvalue weighted by Crippen LogP contribution is -2.41. The molecule has 0 aliphatic heterocycles. The first-order valence-electron chi connectivity index (χ1n) is 9.79. The SMILES string of the molecule is Cc1cn(CC(=O)N(CC(=O)OCc2ccccc2)Cc2cnccc2N)c(=O)[nH]c1=O. The number of hydrogen-bond acceptors (Lipinski definition) is 7. The first-order chi connectivity index (χ1) is 15.3. The fourth-order valence-electron chi connectivity index (χ4n) is 2.93. The highest BCUT2D eigenvalue weighted by molar-refractivity contribution is 5.82. The number of aromatic nitrogens is 3. The topological polar surface area (TPSA) is 140 Å². The van der Waals surface area contributed by atoms with E-state index in [0.29, 0.717) is 11.3 Å². The third-order valence-corrected chi connectivity index (χ3v) is 4.71. The summed E-state index contributed by atoms with van der Waals surface area (Å²) in [5, 5.41) is 0. The quantitative estimate of drug-likeness (QED) is 0.492. The van der Waals surface area contributed by atoms with Crippen LogP contribution in [0.25, 0.3) is 0 Å². The van der Waals surface area contributed by atoms with Gasteiger partial charge in [0, 0.05) is 41.9 Å². The van der Waals surface area contributed by atoms with Gasteiger partial charge in [-0.1, -0.05) is 30.3 Å². The van der Waals surface area contributed by atoms with Gasteiger partial charge < -0.3 is 15.4 Å². The minimum atomic E-state index is -0.721. The fourth-order valence-corrected chi connectivity index (χ4v) is 2.93. The zero-order chi connectivity index (χ0) is 23.1. The Hall–Kier alpha value is -4.21. The van der Waals surface area contributed by atoms with Crippen LogP contribution in [-0.2, 0) is 34.0 Å². The predicted molar refractivity (Wildman–Crippen MR) is 116 cm³/mol. The van der Waals surface area contributed by atoms with Gasteiger partial charge in [-0.05, 0) is 18.6 Å². The molecule has 10 nitrogen and oxygen atoms in total. The molecule has 0 unspecified atom stereocenters. The number of esters is 1. The molecular formula is C22H23N5O5. The monoisotopic (exact) mass is 437 g/mol. The molecule has 32 heavy (non-hydrogen) atoms. The summed E-state index contributed by atoms with van der Waals surface area (Å²) in [5.74, 6) is -1.15. The van der Waals surface area contributed by atoms with Gasteiger partial charge in [-0.3, -0.25) is 28.9 Å². The molecule has 0 fully saturated rings. The van der Waals surface area contributed by atoms with E-state index in [0.717, 1.165) is 10.1 Å². The summed E-state index contributed by atoms with van der Waals surface area (Å²) in [4.78, 5) is 56.5. The molecule has 0 saturated heterocycles. The lowest BCUT2D eigenvalue weighted by molar-refractivity contribution is -0.151. The van der Waals surface area contributed by atoms with Crippen molar-refractivity contribution >= 4 is 17.6 Å². The van der Waals surface area contributed by atoms with Gasteiger partial charge >= 0.3 is 11.7 Å². The number of amides is 1. The second-order valence-electron chi connectivity index (χ2n) is 7.17. The average molecular weight is 437 g/mol. The van der Waals surface area contributed by atoms with E-state index in [1.54, 1.807) is 6.07 Å². The summed E-state index contributed by atoms with van der Waals surface area (Å²) < 4.78 is 6.37. The number of nitrogens with one attached hydrogen (secondary N) is 1. The minimum Gasteiger partial charge on any atom is -0.459 e. The highest BCUT2D eigenvalue weighted by atomic mass is 16.5. The summed E-state index contributed by atoms with van der Waals surface area (Å²) in [6.45, 7) is 0.860. The number of hydrogen-bond donors (Lipinski definition) is 2. The third kappa shape index (κ3) is 5.91. The smallest absolute Gasteiger partial charge is 0.328 e. The van der Waals surface area contributed by atoms with Gasteiger partial charge in [0.15, 0.2) is 0 Å². The van der Waals surface area contributed by atoms with E-state index < -0.39 is 23.1 Å². The minimum absolute atomic E-state index is 0.00394. The Balaban J connectivity index is 1.76. The summed E-state index contributed by atoms with van der Waals surface area (Å²) in [7, 11) is 0. The number of carbonyl (C=O) groups excluding carboxylic acids is 2. The maximum absolute atomic E-state index is 13.0. The van der Waals surface area contributed by atoms with Gasteiger partial charge in [-0.15, -0.1) is 0 Å². The summed E-state index contributed by atoms with van der Waals surface area (Å²) in [6.07, 6.45) is 4.31. The molecule has 0 spiro atoms. The number of anilines is 1. The molecule has 2 heterocycles. The zero-order valence-electron chi connectivity index (χ0n) is 17.5. The summed E-state index contributed by atoms with van der Waals surface area (Å²) >= 11 is 0. The van der Waals surface area contributed by atoms with E-state index in [-0.39, 0.29) is 31.8 Å². The van der Waals surface area contributed by atoms with Crippen molar-refractivity contribution < 1.29 is 14.3 Å². The molecule has 1 aromatic carbocycles. The lowest BCUT2D eigenvalue weighted by Gasteiger charge is -2.23. The predicted octanol–water partition coefficient (Wildman–Crippen LogP) is 0.594. The van der Waals surface area contributed by atoms with Crippen LogP contribution >= 0.6 is 0 Å². The molecule has 0 bridgehead atoms. The molecule has 0 aliphatic rings. The van der Waals surface area contributed by atoms with E-state index >= 15 is 0 Å². The molecule has 3 N–H and O–H groups in total. The second-order valence-corrected chi connectivity index (χ2v) is 7.17. The number of aromatic amines is 1. The van der Waals surface area contributed by atoms with E-state index in [9.17, 15) is 19.2 Å². The number of pyridine rings is 1. The van der Waals surface area contributed by atoms with E-state index in [4.69, 9.17) is 10.5 Å². The van der Waals surface area contributed by atoms with Crippen LogP contribution in [0.2, 0.25) is 0 Å². The molecule has 10 heteroatoms. The van der Waals surface area contributed by atoms with Crippen molar-refractivity contribution in [2.24, 2.45) is 0 Å². The third-order valence-electron chi connectivity index (χ3n) is 4.71. The van der Waals surface area contributed by atoms with Crippen LogP contribution in [0.4, 0.5) is 5.69 Å². The Morgan fingerprint density at radius 1 is 1.19 bits per heavy atom. The van der Waals surface area contributed by atoms with Crippen LogP contribution in [0.5, 0.6) is 0 Å². The Kier molecular flexibility index (Phi) is 7.17. The molecule has 3 aromatic rings. The Bertz CT molecular complexity index is 1220. The highest BCUT2D eigenvalue weighted by Crippen LogP contribution is 2.13. The molecular weight excluding hydrogens is 414 g/mol. The van der Waals surface area contributed by atoms with Crippen molar-refractivity contribution in [3.8, 4) is 0 Å². The van der Waals surface area contributed by atoms with Crippen molar-refractivity contribution in [3.05, 3.63) is 92.5 Å². The van der Waals surface area contributed by atoms with Crippen LogP contribution in [-0.4, -0.2) is 37.9 Å². The van der Waals surface area contributed by atoms with Crippen molar-refractivity contribution in [2.45, 2.75) is 26.6 Å². The van der Waals surface area contributed by atoms with Crippen LogP contribution in [0, 0.1) is 6.92 Å². The number of ether oxygens (including phenoxy) is 1. The fraction of sp³-hybridized carbons (Fsp3) is 0.227. The van der Waals surface area contributed by atoms with E-state index in [1.165, 1.54) is 30.4 Å². The second kappa shape index (κ2) is 10.2. The highest BCUT2D eigenvalue weighted by Gasteiger charge is 2.21. The number of nitrogen functional groups attached to an aromatic ring is 1. The Morgan fingerprint density at radius 2 is 1.94 bits per heavy atom. The van der Waals surface area contributed by atoms with Gasteiger partial charge in [0.25, 0.3) is 5.56 Å². The zero-order valence-corrected chi connectivity index (χ0v) is 17.5. The first-order valence-corrected chi connectivity index (χ1v) is 9.79. The van der Waals surface area contributed by atoms with E-state index in [2.05, 4.69) is 9.97 Å². The number of benzene rings is 1. The van der Waals surface area contributed by atoms with Crippen LogP contribution < -0.4 is 17.0 Å². The summed E-state index contributed by atoms with van der Waals surface area (Å²) in [6, 6.07) is 10.7. The molecule has 166 valence electrons. The number of nitrogens with two attached hydrogens (primary N) is 1. The van der Waals surface area contributed by atoms with Gasteiger partial charge in [0.2, 0.25) is 5.91 Å². The van der Waals surface area contributed by atoms with Gasteiger partial charge in [0.05, 0.1) is 0 Å². The molecule has 3 rings (SSSR count). The average Bonchev–Trinajstić information content (AvgIpc) is 2.77. The van der Waals surface area contributed by atoms with Crippen molar-refractivity contribution in [1.29, 1.82) is 0 Å². The van der Waals surface area contributed by atoms with Gasteiger partial charge in [0.1, 0.15) is 19.7 Å². The maximum Gasteiger partial charge on any atom is 0.328 e. The molecule has 0 atom stereocenters. The molecule has 0 aliphatic carbocycles. The largest absolute Gasteiger partial charge is 0.459 e. The Morgan fingerprint density at radius 3 is 2.66 bits per heavy atom. The number of rotatable bonds is 8. The number of nitrogens with zero attached hydrogens (tertiary/aromatic N) is 3. The lowest BCUT2D eigenvalue weighted by atomic mass is 10.2. The molecule has 1 amide bonds. The van der Waals surface area contributed by atoms with Crippen molar-refractivity contribution in [1.82, 2.24) is 19.4 Å². The number of carbonyl (C=O) groups is 2.